The molecule has 1 aromatic heterocycles. The summed E-state index contributed by atoms with van der Waals surface area (Å²) in [5.41, 5.74) is 0.794. The van der Waals surface area contributed by atoms with Crippen molar-refractivity contribution in [2.75, 3.05) is 48.3 Å². The lowest BCUT2D eigenvalue weighted by Gasteiger charge is -2.36. The molecule has 2 N–H and O–H groups in total. The molecular formula is C26H28ClF3N6O. The standard InChI is InChI=1S/C26H28ClF3N6O/c1-3-35-7-9-36(10-8-35)22-13-19(11-20(14-22)26(28,29)30)25(37)33-21-6-4-5-18(12-21)17(2)32-24-16-31-15-23(27)34-24/h4-6,11-17H,3,7-10H2,1-2H3,(H,32,34)(H,33,37)/t17-/m0/s1. The van der Waals surface area contributed by atoms with Crippen LogP contribution in [0.5, 0.6) is 0 Å². The summed E-state index contributed by atoms with van der Waals surface area (Å²) in [6.07, 6.45) is -1.60. The van der Waals surface area contributed by atoms with Crippen LogP contribution >= 0.6 is 11.6 Å². The fraction of sp³-hybridized carbons (Fsp3) is 0.346. The smallest absolute Gasteiger partial charge is 0.369 e. The Kier molecular flexibility index (Phi) is 8.19. The molecule has 1 amide bonds. The van der Waals surface area contributed by atoms with Crippen molar-refractivity contribution in [3.05, 3.63) is 76.7 Å². The van der Waals surface area contributed by atoms with E-state index in [1.807, 2.05) is 17.9 Å². The van der Waals surface area contributed by atoms with Crippen LogP contribution in [-0.4, -0.2) is 53.5 Å². The molecule has 1 aliphatic rings. The molecule has 37 heavy (non-hydrogen) atoms. The van der Waals surface area contributed by atoms with Gasteiger partial charge in [0, 0.05) is 43.1 Å². The quantitative estimate of drug-likeness (QED) is 0.406. The average molecular weight is 533 g/mol. The van der Waals surface area contributed by atoms with Crippen LogP contribution in [-0.2, 0) is 6.18 Å². The molecule has 0 unspecified atom stereocenters. The number of amides is 1. The zero-order valence-corrected chi connectivity index (χ0v) is 21.3. The van der Waals surface area contributed by atoms with E-state index in [0.29, 0.717) is 30.3 Å². The van der Waals surface area contributed by atoms with Crippen molar-refractivity contribution in [1.29, 1.82) is 0 Å². The first-order chi connectivity index (χ1) is 17.6. The normalized spacial score (nSPS) is 15.4. The number of piperazine rings is 1. The molecule has 3 aromatic rings. The van der Waals surface area contributed by atoms with E-state index in [1.165, 1.54) is 12.3 Å². The highest BCUT2D eigenvalue weighted by molar-refractivity contribution is 6.29. The molecule has 196 valence electrons. The van der Waals surface area contributed by atoms with E-state index in [2.05, 4.69) is 32.4 Å². The lowest BCUT2D eigenvalue weighted by molar-refractivity contribution is -0.137. The molecule has 1 aliphatic heterocycles. The predicted molar refractivity (Wildman–Crippen MR) is 139 cm³/mol. The summed E-state index contributed by atoms with van der Waals surface area (Å²) in [6.45, 7) is 7.56. The van der Waals surface area contributed by atoms with Crippen molar-refractivity contribution in [3.8, 4) is 0 Å². The third-order valence-corrected chi connectivity index (χ3v) is 6.49. The van der Waals surface area contributed by atoms with E-state index in [1.54, 1.807) is 24.4 Å². The van der Waals surface area contributed by atoms with Gasteiger partial charge in [-0.2, -0.15) is 13.2 Å². The van der Waals surface area contributed by atoms with Crippen LogP contribution in [0.15, 0.2) is 54.9 Å². The molecule has 0 saturated carbocycles. The number of nitrogens with one attached hydrogen (secondary N) is 2. The minimum atomic E-state index is -4.57. The summed E-state index contributed by atoms with van der Waals surface area (Å²) in [6, 6.07) is 10.4. The number of carbonyl (C=O) groups is 1. The second-order valence-electron chi connectivity index (χ2n) is 8.86. The van der Waals surface area contributed by atoms with Gasteiger partial charge < -0.3 is 20.4 Å². The van der Waals surface area contributed by atoms with E-state index in [9.17, 15) is 18.0 Å². The van der Waals surface area contributed by atoms with Gasteiger partial charge in [0.25, 0.3) is 5.91 Å². The molecule has 0 aliphatic carbocycles. The number of anilines is 3. The maximum atomic E-state index is 13.7. The number of nitrogens with zero attached hydrogens (tertiary/aromatic N) is 4. The summed E-state index contributed by atoms with van der Waals surface area (Å²) in [5, 5.41) is 6.18. The van der Waals surface area contributed by atoms with Gasteiger partial charge in [-0.05, 0) is 49.4 Å². The van der Waals surface area contributed by atoms with Crippen LogP contribution in [0.25, 0.3) is 0 Å². The molecule has 1 atom stereocenters. The third-order valence-electron chi connectivity index (χ3n) is 6.31. The van der Waals surface area contributed by atoms with Gasteiger partial charge in [0.05, 0.1) is 24.0 Å². The Balaban J connectivity index is 1.53. The number of benzene rings is 2. The van der Waals surface area contributed by atoms with E-state index >= 15 is 0 Å². The first-order valence-electron chi connectivity index (χ1n) is 12.0. The van der Waals surface area contributed by atoms with Gasteiger partial charge in [0.15, 0.2) is 0 Å². The molecule has 2 heterocycles. The lowest BCUT2D eigenvalue weighted by atomic mass is 10.1. The Hall–Kier alpha value is -3.37. The van der Waals surface area contributed by atoms with Crippen LogP contribution in [0, 0.1) is 0 Å². The molecule has 1 fully saturated rings. The van der Waals surface area contributed by atoms with Crippen LogP contribution in [0.2, 0.25) is 5.15 Å². The van der Waals surface area contributed by atoms with Crippen molar-refractivity contribution >= 4 is 34.7 Å². The lowest BCUT2D eigenvalue weighted by Crippen LogP contribution is -2.46. The minimum absolute atomic E-state index is 0.0477. The molecule has 2 aromatic carbocycles. The molecule has 0 radical (unpaired) electrons. The summed E-state index contributed by atoms with van der Waals surface area (Å²) in [7, 11) is 0. The van der Waals surface area contributed by atoms with Crippen molar-refractivity contribution in [2.24, 2.45) is 0 Å². The van der Waals surface area contributed by atoms with E-state index in [0.717, 1.165) is 37.3 Å². The molecule has 7 nitrogen and oxygen atoms in total. The molecule has 1 saturated heterocycles. The van der Waals surface area contributed by atoms with Gasteiger partial charge >= 0.3 is 6.18 Å². The number of rotatable bonds is 7. The number of carbonyl (C=O) groups excluding carboxylic acids is 1. The molecule has 4 rings (SSSR count). The Morgan fingerprint density at radius 1 is 1.11 bits per heavy atom. The highest BCUT2D eigenvalue weighted by atomic mass is 35.5. The summed E-state index contributed by atoms with van der Waals surface area (Å²) < 4.78 is 41.1. The van der Waals surface area contributed by atoms with Crippen molar-refractivity contribution in [1.82, 2.24) is 14.9 Å². The predicted octanol–water partition coefficient (Wildman–Crippen LogP) is 5.72. The zero-order chi connectivity index (χ0) is 26.6. The van der Waals surface area contributed by atoms with Crippen LogP contribution in [0.3, 0.4) is 0 Å². The molecular weight excluding hydrogens is 505 g/mol. The van der Waals surface area contributed by atoms with E-state index in [-0.39, 0.29) is 16.8 Å². The van der Waals surface area contributed by atoms with Crippen molar-refractivity contribution in [3.63, 3.8) is 0 Å². The Labute approximate surface area is 218 Å². The number of aromatic nitrogens is 2. The van der Waals surface area contributed by atoms with Crippen molar-refractivity contribution < 1.29 is 18.0 Å². The first-order valence-corrected chi connectivity index (χ1v) is 12.3. The number of alkyl halides is 3. The second-order valence-corrected chi connectivity index (χ2v) is 9.25. The topological polar surface area (TPSA) is 73.4 Å². The second kappa shape index (κ2) is 11.4. The monoisotopic (exact) mass is 532 g/mol. The van der Waals surface area contributed by atoms with Gasteiger partial charge in [0.1, 0.15) is 11.0 Å². The Bertz CT molecular complexity index is 1250. The fourth-order valence-electron chi connectivity index (χ4n) is 4.22. The molecule has 11 heteroatoms. The molecule has 0 spiro atoms. The van der Waals surface area contributed by atoms with Gasteiger partial charge in [-0.15, -0.1) is 0 Å². The van der Waals surface area contributed by atoms with Crippen LogP contribution < -0.4 is 15.5 Å². The maximum absolute atomic E-state index is 13.7. The highest BCUT2D eigenvalue weighted by Gasteiger charge is 2.32. The number of hydrogen-bond donors (Lipinski definition) is 2. The highest BCUT2D eigenvalue weighted by Crippen LogP contribution is 2.34. The first kappa shape index (κ1) is 26.7. The largest absolute Gasteiger partial charge is 0.416 e. The third kappa shape index (κ3) is 6.90. The van der Waals surface area contributed by atoms with Crippen LogP contribution in [0.1, 0.15) is 41.4 Å². The van der Waals surface area contributed by atoms with Gasteiger partial charge in [0.2, 0.25) is 0 Å². The fourth-order valence-corrected chi connectivity index (χ4v) is 4.36. The average Bonchev–Trinajstić information content (AvgIpc) is 2.88. The number of likely N-dealkylation sites (N-methyl/N-ethyl adjacent to an activating group) is 1. The zero-order valence-electron chi connectivity index (χ0n) is 20.5. The van der Waals surface area contributed by atoms with E-state index in [4.69, 9.17) is 11.6 Å². The summed E-state index contributed by atoms with van der Waals surface area (Å²) in [5.74, 6) is -0.122. The number of hydrogen-bond acceptors (Lipinski definition) is 6. The maximum Gasteiger partial charge on any atom is 0.416 e. The van der Waals surface area contributed by atoms with Gasteiger partial charge in [-0.3, -0.25) is 9.78 Å². The Morgan fingerprint density at radius 2 is 1.86 bits per heavy atom. The van der Waals surface area contributed by atoms with Crippen LogP contribution in [0.4, 0.5) is 30.4 Å². The molecule has 0 bridgehead atoms. The number of halogens is 4. The summed E-state index contributed by atoms with van der Waals surface area (Å²) in [4.78, 5) is 25.4. The Morgan fingerprint density at radius 3 is 2.54 bits per heavy atom. The van der Waals surface area contributed by atoms with Gasteiger partial charge in [-0.1, -0.05) is 30.7 Å². The SMILES string of the molecule is CCN1CCN(c2cc(C(=O)Nc3cccc([C@H](C)Nc4cncc(Cl)n4)c3)cc(C(F)(F)F)c2)CC1. The van der Waals surface area contributed by atoms with Gasteiger partial charge in [-0.25, -0.2) is 4.98 Å². The van der Waals surface area contributed by atoms with E-state index < -0.39 is 17.6 Å². The van der Waals surface area contributed by atoms with Crippen molar-refractivity contribution in [2.45, 2.75) is 26.1 Å². The minimum Gasteiger partial charge on any atom is -0.369 e. The summed E-state index contributed by atoms with van der Waals surface area (Å²) >= 11 is 5.89.